The van der Waals surface area contributed by atoms with E-state index >= 15 is 0 Å². The van der Waals surface area contributed by atoms with Gasteiger partial charge in [0.15, 0.2) is 5.13 Å². The molecule has 9 heteroatoms. The predicted molar refractivity (Wildman–Crippen MR) is 127 cm³/mol. The second-order valence-corrected chi connectivity index (χ2v) is 9.45. The van der Waals surface area contributed by atoms with E-state index in [2.05, 4.69) is 4.98 Å². The summed E-state index contributed by atoms with van der Waals surface area (Å²) in [4.78, 5) is 33.0. The van der Waals surface area contributed by atoms with Crippen LogP contribution in [0.5, 0.6) is 5.75 Å². The molecule has 0 saturated carbocycles. The van der Waals surface area contributed by atoms with Crippen molar-refractivity contribution in [2.75, 3.05) is 12.0 Å². The number of hydrogen-bond donors (Lipinski definition) is 1. The second-order valence-electron chi connectivity index (χ2n) is 7.02. The molecule has 1 N–H and O–H groups in total. The van der Waals surface area contributed by atoms with Crippen molar-refractivity contribution >= 4 is 67.1 Å². The number of methoxy groups -OCH3 is 1. The molecule has 1 atom stereocenters. The van der Waals surface area contributed by atoms with Crippen LogP contribution < -0.4 is 9.64 Å². The van der Waals surface area contributed by atoms with Gasteiger partial charge in [0.05, 0.1) is 22.9 Å². The van der Waals surface area contributed by atoms with Crippen LogP contribution in [0.3, 0.4) is 0 Å². The summed E-state index contributed by atoms with van der Waals surface area (Å²) in [6, 6.07) is 14.8. The lowest BCUT2D eigenvalue weighted by atomic mass is 10.00. The van der Waals surface area contributed by atoms with Crippen LogP contribution in [-0.2, 0) is 9.59 Å². The molecular weight excluding hydrogens is 468 g/mol. The fraction of sp³-hybridized carbons (Fsp3) is 0.0870. The van der Waals surface area contributed by atoms with Crippen molar-refractivity contribution in [3.05, 3.63) is 81.0 Å². The van der Waals surface area contributed by atoms with Crippen LogP contribution in [0.25, 0.3) is 16.0 Å². The number of Topliss-reactive ketones (excluding diaryl/α,β-unsaturated/α-hetero) is 1. The molecule has 1 fully saturated rings. The first-order valence-electron chi connectivity index (χ1n) is 9.53. The number of halogens is 1. The molecule has 1 unspecified atom stereocenters. The SMILES string of the molecule is COc1ccc(/C(O)=C2\C(=O)C(=O)N(c3nc4ccc(Cl)cc4s3)C2c2cccs2)cc1. The summed E-state index contributed by atoms with van der Waals surface area (Å²) in [5, 5.41) is 13.9. The van der Waals surface area contributed by atoms with E-state index in [1.165, 1.54) is 27.6 Å². The van der Waals surface area contributed by atoms with Gasteiger partial charge in [-0.3, -0.25) is 14.5 Å². The number of carbonyl (C=O) groups is 2. The summed E-state index contributed by atoms with van der Waals surface area (Å²) in [6.45, 7) is 0. The van der Waals surface area contributed by atoms with Crippen LogP contribution in [0.1, 0.15) is 16.5 Å². The Balaban J connectivity index is 1.68. The first-order valence-corrected chi connectivity index (χ1v) is 11.6. The molecule has 0 aliphatic carbocycles. The van der Waals surface area contributed by atoms with Gasteiger partial charge in [-0.2, -0.15) is 0 Å². The van der Waals surface area contributed by atoms with Crippen LogP contribution in [0, 0.1) is 0 Å². The largest absolute Gasteiger partial charge is 0.507 e. The van der Waals surface area contributed by atoms with E-state index in [0.717, 1.165) is 9.58 Å². The molecular formula is C23H15ClN2O4S2. The minimum Gasteiger partial charge on any atom is -0.507 e. The lowest BCUT2D eigenvalue weighted by Crippen LogP contribution is -2.28. The average molecular weight is 483 g/mol. The van der Waals surface area contributed by atoms with Crippen molar-refractivity contribution in [3.8, 4) is 5.75 Å². The van der Waals surface area contributed by atoms with Crippen molar-refractivity contribution in [1.29, 1.82) is 0 Å². The van der Waals surface area contributed by atoms with E-state index in [4.69, 9.17) is 16.3 Å². The Morgan fingerprint density at radius 1 is 1.16 bits per heavy atom. The van der Waals surface area contributed by atoms with Crippen LogP contribution in [0.15, 0.2) is 65.6 Å². The number of aliphatic hydroxyl groups excluding tert-OH is 1. The number of fused-ring (bicyclic) bond motifs is 1. The molecule has 1 aliphatic heterocycles. The third-order valence-corrected chi connectivity index (χ3v) is 7.34. The van der Waals surface area contributed by atoms with E-state index in [1.807, 2.05) is 17.5 Å². The number of benzene rings is 2. The molecule has 4 aromatic rings. The lowest BCUT2D eigenvalue weighted by Gasteiger charge is -2.21. The molecule has 2 aromatic heterocycles. The van der Waals surface area contributed by atoms with Crippen LogP contribution in [0.4, 0.5) is 5.13 Å². The highest BCUT2D eigenvalue weighted by Crippen LogP contribution is 2.45. The summed E-state index contributed by atoms with van der Waals surface area (Å²) in [7, 11) is 1.54. The Bertz CT molecular complexity index is 1380. The van der Waals surface area contributed by atoms with Gasteiger partial charge in [0.25, 0.3) is 5.78 Å². The number of thiazole rings is 1. The van der Waals surface area contributed by atoms with Gasteiger partial charge >= 0.3 is 5.91 Å². The van der Waals surface area contributed by atoms with Crippen molar-refractivity contribution in [2.45, 2.75) is 6.04 Å². The number of anilines is 1. The van der Waals surface area contributed by atoms with Crippen molar-refractivity contribution in [1.82, 2.24) is 4.98 Å². The smallest absolute Gasteiger partial charge is 0.301 e. The normalized spacial score (nSPS) is 17.9. The Morgan fingerprint density at radius 3 is 2.62 bits per heavy atom. The maximum Gasteiger partial charge on any atom is 0.301 e. The monoisotopic (exact) mass is 482 g/mol. The summed E-state index contributed by atoms with van der Waals surface area (Å²) < 4.78 is 5.96. The van der Waals surface area contributed by atoms with Crippen molar-refractivity contribution in [3.63, 3.8) is 0 Å². The van der Waals surface area contributed by atoms with Gasteiger partial charge in [-0.15, -0.1) is 11.3 Å². The van der Waals surface area contributed by atoms with Gasteiger partial charge in [-0.05, 0) is 53.9 Å². The predicted octanol–water partition coefficient (Wildman–Crippen LogP) is 5.65. The van der Waals surface area contributed by atoms with E-state index in [0.29, 0.717) is 27.0 Å². The standard InChI is InChI=1S/C23H15ClN2O4S2/c1-30-14-7-4-12(5-8-14)20(27)18-19(16-3-2-10-31-16)26(22(29)21(18)28)23-25-15-9-6-13(24)11-17(15)32-23/h2-11,19,27H,1H3/b20-18+. The first kappa shape index (κ1) is 20.7. The van der Waals surface area contributed by atoms with E-state index < -0.39 is 17.7 Å². The molecule has 32 heavy (non-hydrogen) atoms. The highest BCUT2D eigenvalue weighted by atomic mass is 35.5. The number of ether oxygens (including phenoxy) is 1. The number of nitrogens with zero attached hydrogens (tertiary/aromatic N) is 2. The molecule has 1 amide bonds. The number of hydrogen-bond acceptors (Lipinski definition) is 7. The topological polar surface area (TPSA) is 79.7 Å². The molecule has 2 aromatic carbocycles. The average Bonchev–Trinajstić information content (AvgIpc) is 3.52. The van der Waals surface area contributed by atoms with Gasteiger partial charge in [0.2, 0.25) is 0 Å². The molecule has 0 spiro atoms. The molecule has 1 saturated heterocycles. The summed E-state index contributed by atoms with van der Waals surface area (Å²) >= 11 is 8.77. The third-order valence-electron chi connectivity index (χ3n) is 5.17. The number of carbonyl (C=O) groups excluding carboxylic acids is 2. The Labute approximate surface area is 196 Å². The lowest BCUT2D eigenvalue weighted by molar-refractivity contribution is -0.132. The van der Waals surface area contributed by atoms with Crippen LogP contribution >= 0.6 is 34.3 Å². The number of ketones is 1. The fourth-order valence-electron chi connectivity index (χ4n) is 3.64. The first-order chi connectivity index (χ1) is 15.5. The number of rotatable bonds is 4. The molecule has 1 aliphatic rings. The number of thiophene rings is 1. The minimum atomic E-state index is -0.784. The maximum atomic E-state index is 13.2. The zero-order chi connectivity index (χ0) is 22.4. The van der Waals surface area contributed by atoms with Gasteiger partial charge < -0.3 is 9.84 Å². The van der Waals surface area contributed by atoms with Gasteiger partial charge in [-0.25, -0.2) is 4.98 Å². The minimum absolute atomic E-state index is 0.0277. The van der Waals surface area contributed by atoms with Crippen molar-refractivity contribution in [2.24, 2.45) is 0 Å². The quantitative estimate of drug-likeness (QED) is 0.231. The van der Waals surface area contributed by atoms with Crippen LogP contribution in [-0.4, -0.2) is 28.9 Å². The Hall–Kier alpha value is -3.20. The maximum absolute atomic E-state index is 13.2. The van der Waals surface area contributed by atoms with Gasteiger partial charge in [-0.1, -0.05) is 29.0 Å². The number of aromatic nitrogens is 1. The zero-order valence-electron chi connectivity index (χ0n) is 16.6. The number of amides is 1. The fourth-order valence-corrected chi connectivity index (χ4v) is 5.73. The Morgan fingerprint density at radius 2 is 1.94 bits per heavy atom. The summed E-state index contributed by atoms with van der Waals surface area (Å²) in [5.41, 5.74) is 1.12. The van der Waals surface area contributed by atoms with E-state index in [-0.39, 0.29) is 11.3 Å². The molecule has 0 bridgehead atoms. The van der Waals surface area contributed by atoms with E-state index in [1.54, 1.807) is 49.6 Å². The molecule has 3 heterocycles. The van der Waals surface area contributed by atoms with Crippen molar-refractivity contribution < 1.29 is 19.4 Å². The van der Waals surface area contributed by atoms with Gasteiger partial charge in [0.1, 0.15) is 17.6 Å². The summed E-state index contributed by atoms with van der Waals surface area (Å²) in [6.07, 6.45) is 0. The highest BCUT2D eigenvalue weighted by Gasteiger charge is 2.48. The number of aliphatic hydroxyl groups is 1. The molecule has 5 rings (SSSR count). The second kappa shape index (κ2) is 8.05. The zero-order valence-corrected chi connectivity index (χ0v) is 19.0. The molecule has 0 radical (unpaired) electrons. The molecule has 160 valence electrons. The van der Waals surface area contributed by atoms with E-state index in [9.17, 15) is 14.7 Å². The molecule has 6 nitrogen and oxygen atoms in total. The van der Waals surface area contributed by atoms with Crippen LogP contribution in [0.2, 0.25) is 5.02 Å². The summed E-state index contributed by atoms with van der Waals surface area (Å²) in [5.74, 6) is -1.11. The third kappa shape index (κ3) is 3.37. The van der Waals surface area contributed by atoms with Gasteiger partial charge in [0, 0.05) is 15.5 Å². The Kier molecular flexibility index (Phi) is 5.21. The highest BCUT2D eigenvalue weighted by molar-refractivity contribution is 7.22.